The van der Waals surface area contributed by atoms with Gasteiger partial charge in [0, 0.05) is 11.3 Å². The molecule has 0 bridgehead atoms. The molecular formula is C18H13F3N2O4S. The van der Waals surface area contributed by atoms with Crippen molar-refractivity contribution in [3.05, 3.63) is 48.0 Å². The number of thioether (sulfide) groups is 1. The fourth-order valence-corrected chi connectivity index (χ4v) is 3.13. The summed E-state index contributed by atoms with van der Waals surface area (Å²) in [5, 5.41) is 8.40. The molecule has 28 heavy (non-hydrogen) atoms. The van der Waals surface area contributed by atoms with Gasteiger partial charge in [-0.15, -0.1) is 10.2 Å². The maximum absolute atomic E-state index is 12.2. The van der Waals surface area contributed by atoms with Crippen molar-refractivity contribution in [2.75, 3.05) is 13.4 Å². The van der Waals surface area contributed by atoms with E-state index in [9.17, 15) is 13.2 Å². The highest BCUT2D eigenvalue weighted by molar-refractivity contribution is 7.98. The Morgan fingerprint density at radius 1 is 1.00 bits per heavy atom. The summed E-state index contributed by atoms with van der Waals surface area (Å²) >= 11 is 1.32. The molecule has 1 aliphatic heterocycles. The first-order chi connectivity index (χ1) is 13.5. The normalized spacial score (nSPS) is 13.0. The molecule has 1 aliphatic rings. The molecule has 0 saturated carbocycles. The van der Waals surface area contributed by atoms with Crippen LogP contribution in [0.3, 0.4) is 0 Å². The molecular weight excluding hydrogens is 397 g/mol. The number of halogens is 3. The molecule has 4 rings (SSSR count). The van der Waals surface area contributed by atoms with E-state index >= 15 is 0 Å². The van der Waals surface area contributed by atoms with Gasteiger partial charge >= 0.3 is 6.18 Å². The van der Waals surface area contributed by atoms with Gasteiger partial charge in [0.1, 0.15) is 5.75 Å². The molecule has 0 fully saturated rings. The Labute approximate surface area is 161 Å². The zero-order valence-corrected chi connectivity index (χ0v) is 15.0. The van der Waals surface area contributed by atoms with Crippen LogP contribution >= 0.6 is 11.8 Å². The fraction of sp³-hybridized carbons (Fsp3) is 0.222. The van der Waals surface area contributed by atoms with E-state index in [4.69, 9.17) is 13.9 Å². The van der Waals surface area contributed by atoms with Crippen molar-refractivity contribution in [3.63, 3.8) is 0 Å². The molecule has 0 saturated heterocycles. The Balaban J connectivity index is 1.34. The van der Waals surface area contributed by atoms with E-state index in [1.54, 1.807) is 30.3 Å². The summed E-state index contributed by atoms with van der Waals surface area (Å²) in [7, 11) is 0. The van der Waals surface area contributed by atoms with Crippen molar-refractivity contribution in [2.45, 2.75) is 17.2 Å². The highest BCUT2D eigenvalue weighted by Gasteiger charge is 2.28. The average Bonchev–Trinajstić information content (AvgIpc) is 3.33. The van der Waals surface area contributed by atoms with Crippen LogP contribution in [-0.4, -0.2) is 29.8 Å². The molecule has 2 aromatic carbocycles. The Kier molecular flexibility index (Phi) is 5.03. The number of fused-ring (bicyclic) bond motifs is 1. The standard InChI is InChI=1S/C18H13F3N2O4S/c19-18(20,21)9-24-13-4-1-11(2-5-13)8-28-17-23-22-16(27-17)12-3-6-14-15(7-12)26-10-25-14/h1-7H,8-10H2. The third kappa shape index (κ3) is 4.50. The molecule has 10 heteroatoms. The fourth-order valence-electron chi connectivity index (χ4n) is 2.41. The molecule has 0 N–H and O–H groups in total. The molecule has 0 radical (unpaired) electrons. The van der Waals surface area contributed by atoms with Crippen LogP contribution in [0.4, 0.5) is 13.2 Å². The van der Waals surface area contributed by atoms with Gasteiger partial charge in [-0.2, -0.15) is 13.2 Å². The smallest absolute Gasteiger partial charge is 0.422 e. The van der Waals surface area contributed by atoms with E-state index in [-0.39, 0.29) is 12.5 Å². The minimum absolute atomic E-state index is 0.161. The van der Waals surface area contributed by atoms with Gasteiger partial charge in [0.25, 0.3) is 5.22 Å². The number of hydrogen-bond donors (Lipinski definition) is 0. The van der Waals surface area contributed by atoms with Crippen LogP contribution in [0.5, 0.6) is 17.2 Å². The quantitative estimate of drug-likeness (QED) is 0.546. The topological polar surface area (TPSA) is 66.6 Å². The Hall–Kier alpha value is -2.88. The van der Waals surface area contributed by atoms with Crippen molar-refractivity contribution in [3.8, 4) is 28.7 Å². The summed E-state index contributed by atoms with van der Waals surface area (Å²) in [6.07, 6.45) is -4.36. The predicted octanol–water partition coefficient (Wildman–Crippen LogP) is 4.70. The number of alkyl halides is 3. The van der Waals surface area contributed by atoms with Crippen LogP contribution in [0.2, 0.25) is 0 Å². The van der Waals surface area contributed by atoms with Gasteiger partial charge in [-0.3, -0.25) is 0 Å². The van der Waals surface area contributed by atoms with E-state index in [1.165, 1.54) is 23.9 Å². The van der Waals surface area contributed by atoms with Gasteiger partial charge in [0.2, 0.25) is 12.7 Å². The van der Waals surface area contributed by atoms with Crippen LogP contribution in [0.25, 0.3) is 11.5 Å². The van der Waals surface area contributed by atoms with Crippen LogP contribution in [0, 0.1) is 0 Å². The lowest BCUT2D eigenvalue weighted by molar-refractivity contribution is -0.153. The molecule has 0 amide bonds. The second-order valence-corrected chi connectivity index (χ2v) is 6.70. The zero-order chi connectivity index (χ0) is 19.6. The predicted molar refractivity (Wildman–Crippen MR) is 93.4 cm³/mol. The average molecular weight is 410 g/mol. The number of rotatable bonds is 6. The number of benzene rings is 2. The monoisotopic (exact) mass is 410 g/mol. The molecule has 0 spiro atoms. The highest BCUT2D eigenvalue weighted by Crippen LogP contribution is 2.36. The van der Waals surface area contributed by atoms with Crippen molar-refractivity contribution >= 4 is 11.8 Å². The van der Waals surface area contributed by atoms with Gasteiger partial charge in [-0.25, -0.2) is 0 Å². The van der Waals surface area contributed by atoms with Crippen LogP contribution in [-0.2, 0) is 5.75 Å². The lowest BCUT2D eigenvalue weighted by Gasteiger charge is -2.09. The lowest BCUT2D eigenvalue weighted by Crippen LogP contribution is -2.19. The Morgan fingerprint density at radius 2 is 1.79 bits per heavy atom. The first-order valence-electron chi connectivity index (χ1n) is 8.11. The summed E-state index contributed by atoms with van der Waals surface area (Å²) < 4.78 is 57.4. The van der Waals surface area contributed by atoms with Crippen molar-refractivity contribution in [1.29, 1.82) is 0 Å². The molecule has 1 aromatic heterocycles. The first-order valence-corrected chi connectivity index (χ1v) is 9.10. The summed E-state index contributed by atoms with van der Waals surface area (Å²) in [4.78, 5) is 0. The maximum atomic E-state index is 12.2. The minimum Gasteiger partial charge on any atom is -0.484 e. The summed E-state index contributed by atoms with van der Waals surface area (Å²) in [6, 6.07) is 11.7. The summed E-state index contributed by atoms with van der Waals surface area (Å²) in [5.41, 5.74) is 1.60. The highest BCUT2D eigenvalue weighted by atomic mass is 32.2. The molecule has 6 nitrogen and oxygen atoms in total. The molecule has 3 aromatic rings. The first kappa shape index (κ1) is 18.5. The van der Waals surface area contributed by atoms with E-state index in [0.717, 1.165) is 11.1 Å². The van der Waals surface area contributed by atoms with Gasteiger partial charge in [0.15, 0.2) is 18.1 Å². The van der Waals surface area contributed by atoms with Crippen molar-refractivity contribution < 1.29 is 31.8 Å². The number of hydrogen-bond acceptors (Lipinski definition) is 7. The van der Waals surface area contributed by atoms with Crippen molar-refractivity contribution in [2.24, 2.45) is 0 Å². The van der Waals surface area contributed by atoms with E-state index in [2.05, 4.69) is 14.9 Å². The van der Waals surface area contributed by atoms with Gasteiger partial charge in [0.05, 0.1) is 0 Å². The SMILES string of the molecule is FC(F)(F)COc1ccc(CSc2nnc(-c3ccc4c(c3)OCO4)o2)cc1. The molecule has 146 valence electrons. The summed E-state index contributed by atoms with van der Waals surface area (Å²) in [5.74, 6) is 2.33. The van der Waals surface area contributed by atoms with E-state index in [0.29, 0.717) is 28.4 Å². The van der Waals surface area contributed by atoms with Crippen molar-refractivity contribution in [1.82, 2.24) is 10.2 Å². The molecule has 2 heterocycles. The van der Waals surface area contributed by atoms with Gasteiger partial charge in [-0.1, -0.05) is 23.9 Å². The largest absolute Gasteiger partial charge is 0.484 e. The third-order valence-corrected chi connectivity index (χ3v) is 4.60. The van der Waals surface area contributed by atoms with Crippen LogP contribution < -0.4 is 14.2 Å². The molecule has 0 unspecified atom stereocenters. The van der Waals surface area contributed by atoms with Crippen LogP contribution in [0.15, 0.2) is 52.1 Å². The second-order valence-electron chi connectivity index (χ2n) is 5.78. The Bertz CT molecular complexity index is 960. The number of aromatic nitrogens is 2. The van der Waals surface area contributed by atoms with E-state index < -0.39 is 12.8 Å². The Morgan fingerprint density at radius 3 is 2.57 bits per heavy atom. The van der Waals surface area contributed by atoms with Crippen LogP contribution in [0.1, 0.15) is 5.56 Å². The molecule has 0 aliphatic carbocycles. The van der Waals surface area contributed by atoms with E-state index in [1.807, 2.05) is 0 Å². The molecule has 0 atom stereocenters. The third-order valence-electron chi connectivity index (χ3n) is 3.71. The maximum Gasteiger partial charge on any atom is 0.422 e. The number of nitrogens with zero attached hydrogens (tertiary/aromatic N) is 2. The van der Waals surface area contributed by atoms with Gasteiger partial charge in [-0.05, 0) is 35.9 Å². The number of ether oxygens (including phenoxy) is 3. The summed E-state index contributed by atoms with van der Waals surface area (Å²) in [6.45, 7) is -1.13. The lowest BCUT2D eigenvalue weighted by atomic mass is 10.2. The second kappa shape index (κ2) is 7.63. The van der Waals surface area contributed by atoms with Gasteiger partial charge < -0.3 is 18.6 Å². The zero-order valence-electron chi connectivity index (χ0n) is 14.2. The minimum atomic E-state index is -4.36.